The van der Waals surface area contributed by atoms with E-state index >= 15 is 0 Å². The van der Waals surface area contributed by atoms with E-state index in [4.69, 9.17) is 0 Å². The van der Waals surface area contributed by atoms with E-state index in [1.165, 1.54) is 44.6 Å². The lowest BCUT2D eigenvalue weighted by Gasteiger charge is -2.61. The summed E-state index contributed by atoms with van der Waals surface area (Å²) in [6.45, 7) is 18.3. The number of aromatic carboxylic acids is 2. The molecular weight excluding hydrogens is 592 g/mol. The highest BCUT2D eigenvalue weighted by Gasteiger charge is 2.62. The second-order valence-corrected chi connectivity index (χ2v) is 16.0. The zero-order chi connectivity index (χ0) is 34.6. The van der Waals surface area contributed by atoms with Crippen LogP contribution in [-0.4, -0.2) is 22.2 Å². The van der Waals surface area contributed by atoms with Gasteiger partial charge in [0.15, 0.2) is 0 Å². The van der Waals surface area contributed by atoms with Crippen molar-refractivity contribution in [2.45, 2.75) is 55.4 Å². The topological polar surface area (TPSA) is 74.6 Å². The van der Waals surface area contributed by atoms with E-state index in [9.17, 15) is 19.8 Å². The lowest BCUT2D eigenvalue weighted by molar-refractivity contribution is 0.0686. The van der Waals surface area contributed by atoms with Crippen molar-refractivity contribution in [1.82, 2.24) is 0 Å². The Bertz CT molecular complexity index is 1980. The predicted molar refractivity (Wildman–Crippen MR) is 194 cm³/mol. The summed E-state index contributed by atoms with van der Waals surface area (Å²) < 4.78 is 0. The Hall–Kier alpha value is -4.96. The average Bonchev–Trinajstić information content (AvgIpc) is 3.02. The van der Waals surface area contributed by atoms with Crippen LogP contribution >= 0.6 is 0 Å². The third kappa shape index (κ3) is 4.35. The van der Waals surface area contributed by atoms with Gasteiger partial charge in [0, 0.05) is 10.8 Å². The summed E-state index contributed by atoms with van der Waals surface area (Å²) in [5, 5.41) is 19.6. The van der Waals surface area contributed by atoms with Crippen LogP contribution in [0.2, 0.25) is 0 Å². The Morgan fingerprint density at radius 3 is 1.15 bits per heavy atom. The second-order valence-electron chi connectivity index (χ2n) is 16.0. The maximum atomic E-state index is 12.0. The Kier molecular flexibility index (Phi) is 6.77. The molecule has 0 aliphatic heterocycles. The Morgan fingerprint density at radius 2 is 0.854 bits per heavy atom. The van der Waals surface area contributed by atoms with E-state index in [1.807, 2.05) is 24.3 Å². The number of carbonyl (C=O) groups is 2. The summed E-state index contributed by atoms with van der Waals surface area (Å²) >= 11 is 0. The van der Waals surface area contributed by atoms with Crippen molar-refractivity contribution < 1.29 is 19.8 Å². The molecule has 4 aliphatic rings. The normalized spacial score (nSPS) is 23.0. The maximum absolute atomic E-state index is 12.0. The second kappa shape index (κ2) is 10.3. The van der Waals surface area contributed by atoms with Crippen LogP contribution in [0.15, 0.2) is 119 Å². The van der Waals surface area contributed by atoms with Crippen LogP contribution in [0.5, 0.6) is 0 Å². The summed E-state index contributed by atoms with van der Waals surface area (Å²) in [7, 11) is 0. The van der Waals surface area contributed by atoms with Gasteiger partial charge in [0.25, 0.3) is 0 Å². The first-order valence-corrected chi connectivity index (χ1v) is 16.6. The summed E-state index contributed by atoms with van der Waals surface area (Å²) in [6, 6.07) is 23.2. The summed E-state index contributed by atoms with van der Waals surface area (Å²) in [4.78, 5) is 23.9. The minimum Gasteiger partial charge on any atom is -0.478 e. The highest BCUT2D eigenvalue weighted by atomic mass is 16.4. The number of fused-ring (bicyclic) bond motifs is 3. The minimum atomic E-state index is -0.966. The van der Waals surface area contributed by atoms with Gasteiger partial charge in [-0.1, -0.05) is 128 Å². The molecule has 0 aromatic heterocycles. The first-order chi connectivity index (χ1) is 22.5. The fourth-order valence-electron chi connectivity index (χ4n) is 8.24. The Balaban J connectivity index is 1.72. The van der Waals surface area contributed by atoms with Crippen LogP contribution in [0.1, 0.15) is 98.4 Å². The number of allylic oxidation sites excluding steroid dienone is 12. The molecule has 4 heteroatoms. The lowest BCUT2D eigenvalue weighted by Crippen LogP contribution is -2.49. The molecule has 0 unspecified atom stereocenters. The van der Waals surface area contributed by atoms with Gasteiger partial charge in [0.05, 0.1) is 11.1 Å². The number of benzene rings is 3. The molecule has 2 atom stereocenters. The standard InChI is InChI=1S/C44H42O4/c1-41(2,3)29-21-33-31-11-9-10-12-32(31)34-22-30(42(4,5)6)24-36-38(26-15-19-28(20-16-26)40(47)48)37(25-13-17-27(18-14-25)39(45)46)35(23-29)43(33,7)44(34,36)8/h9-24H,1-8H3,(H,45,46)(H,47,48)/t43-,44-/m0/s1. The van der Waals surface area contributed by atoms with Gasteiger partial charge in [0.1, 0.15) is 0 Å². The molecule has 0 heterocycles. The molecular formula is C44H42O4. The first-order valence-electron chi connectivity index (χ1n) is 16.6. The van der Waals surface area contributed by atoms with Crippen LogP contribution in [0.3, 0.4) is 0 Å². The van der Waals surface area contributed by atoms with Crippen LogP contribution in [-0.2, 0) is 0 Å². The molecule has 0 bridgehead atoms. The van der Waals surface area contributed by atoms with Crippen molar-refractivity contribution in [3.8, 4) is 0 Å². The molecule has 4 nitrogen and oxygen atoms in total. The SMILES string of the molecule is CC(C)(C)C1=CC2=C(c3ccc(C(=O)O)cc3)C(c3ccc(C(=O)O)cc3)=C3C=C(C(C)(C)C)C=C4c5ccccc5C(=C1)[C@]2(C)[C@@]43C. The van der Waals surface area contributed by atoms with Crippen LogP contribution in [0.4, 0.5) is 0 Å². The molecule has 2 N–H and O–H groups in total. The van der Waals surface area contributed by atoms with Crippen LogP contribution in [0.25, 0.3) is 22.3 Å². The molecule has 3 aromatic carbocycles. The molecule has 4 aliphatic carbocycles. The number of rotatable bonds is 4. The fraction of sp³-hybridized carbons (Fsp3) is 0.273. The summed E-state index contributed by atoms with van der Waals surface area (Å²) in [5.74, 6) is -1.93. The highest BCUT2D eigenvalue weighted by molar-refractivity contribution is 6.16. The lowest BCUT2D eigenvalue weighted by atomic mass is 9.41. The highest BCUT2D eigenvalue weighted by Crippen LogP contribution is 2.74. The third-order valence-corrected chi connectivity index (χ3v) is 11.2. The van der Waals surface area contributed by atoms with Gasteiger partial charge in [-0.05, 0) is 102 Å². The Morgan fingerprint density at radius 1 is 0.521 bits per heavy atom. The maximum Gasteiger partial charge on any atom is 0.335 e. The van der Waals surface area contributed by atoms with Crippen molar-refractivity contribution in [3.63, 3.8) is 0 Å². The van der Waals surface area contributed by atoms with E-state index in [0.717, 1.165) is 22.3 Å². The average molecular weight is 635 g/mol. The minimum absolute atomic E-state index is 0.148. The molecule has 0 saturated heterocycles. The van der Waals surface area contributed by atoms with Crippen LogP contribution < -0.4 is 0 Å². The van der Waals surface area contributed by atoms with Crippen molar-refractivity contribution in [1.29, 1.82) is 0 Å². The van der Waals surface area contributed by atoms with Crippen molar-refractivity contribution in [2.75, 3.05) is 0 Å². The molecule has 3 aromatic rings. The van der Waals surface area contributed by atoms with Crippen molar-refractivity contribution in [2.24, 2.45) is 21.7 Å². The number of carboxylic acids is 2. The van der Waals surface area contributed by atoms with Crippen LogP contribution in [0, 0.1) is 21.7 Å². The van der Waals surface area contributed by atoms with Gasteiger partial charge < -0.3 is 10.2 Å². The van der Waals surface area contributed by atoms with E-state index < -0.39 is 22.8 Å². The number of hydrogen-bond donors (Lipinski definition) is 2. The molecule has 0 spiro atoms. The smallest absolute Gasteiger partial charge is 0.335 e. The van der Waals surface area contributed by atoms with E-state index in [0.29, 0.717) is 0 Å². The quantitative estimate of drug-likeness (QED) is 0.299. The molecule has 242 valence electrons. The monoisotopic (exact) mass is 634 g/mol. The zero-order valence-electron chi connectivity index (χ0n) is 28.9. The van der Waals surface area contributed by atoms with Gasteiger partial charge in [-0.15, -0.1) is 0 Å². The molecule has 0 amide bonds. The van der Waals surface area contributed by atoms with Gasteiger partial charge in [-0.2, -0.15) is 0 Å². The first kappa shape index (κ1) is 31.6. The largest absolute Gasteiger partial charge is 0.478 e. The third-order valence-electron chi connectivity index (χ3n) is 11.2. The van der Waals surface area contributed by atoms with E-state index in [-0.39, 0.29) is 22.0 Å². The molecule has 0 saturated carbocycles. The molecule has 0 fully saturated rings. The fourth-order valence-corrected chi connectivity index (χ4v) is 8.24. The molecule has 0 radical (unpaired) electrons. The van der Waals surface area contributed by atoms with E-state index in [2.05, 4.69) is 104 Å². The van der Waals surface area contributed by atoms with Crippen molar-refractivity contribution >= 4 is 34.2 Å². The molecule has 7 rings (SSSR count). The predicted octanol–water partition coefficient (Wildman–Crippen LogP) is 10.8. The van der Waals surface area contributed by atoms with E-state index in [1.54, 1.807) is 24.3 Å². The van der Waals surface area contributed by atoms with Gasteiger partial charge in [0.2, 0.25) is 0 Å². The zero-order valence-corrected chi connectivity index (χ0v) is 28.9. The summed E-state index contributed by atoms with van der Waals surface area (Å²) in [6.07, 6.45) is 9.60. The van der Waals surface area contributed by atoms with Gasteiger partial charge in [-0.3, -0.25) is 0 Å². The van der Waals surface area contributed by atoms with Gasteiger partial charge in [-0.25, -0.2) is 9.59 Å². The molecule has 48 heavy (non-hydrogen) atoms. The number of hydrogen-bond acceptors (Lipinski definition) is 2. The Labute approximate surface area is 283 Å². The van der Waals surface area contributed by atoms with Gasteiger partial charge >= 0.3 is 11.9 Å². The number of carboxylic acid groups (broad SMARTS) is 2. The summed E-state index contributed by atoms with van der Waals surface area (Å²) in [5.41, 5.74) is 13.0. The van der Waals surface area contributed by atoms with Crippen molar-refractivity contribution in [3.05, 3.63) is 153 Å².